The van der Waals surface area contributed by atoms with Gasteiger partial charge in [-0.3, -0.25) is 4.79 Å². The highest BCUT2D eigenvalue weighted by Gasteiger charge is 2.07. The van der Waals surface area contributed by atoms with Gasteiger partial charge in [0.05, 0.1) is 0 Å². The van der Waals surface area contributed by atoms with E-state index in [0.29, 0.717) is 18.0 Å². The third-order valence-corrected chi connectivity index (χ3v) is 4.49. The lowest BCUT2D eigenvalue weighted by Crippen LogP contribution is -2.23. The number of carbonyl (C=O) groups is 1. The largest absolute Gasteiger partial charge is 0.326 e. The molecule has 22 heavy (non-hydrogen) atoms. The summed E-state index contributed by atoms with van der Waals surface area (Å²) in [6, 6.07) is 5.55. The molecule has 0 atom stereocenters. The molecule has 120 valence electrons. The molecule has 1 aliphatic rings. The fourth-order valence-corrected chi connectivity index (χ4v) is 2.84. The molecule has 1 aliphatic carbocycles. The quantitative estimate of drug-likeness (QED) is 0.575. The van der Waals surface area contributed by atoms with E-state index >= 15 is 0 Å². The van der Waals surface area contributed by atoms with Crippen molar-refractivity contribution in [3.63, 3.8) is 0 Å². The number of halogens is 1. The van der Waals surface area contributed by atoms with Crippen molar-refractivity contribution in [2.24, 2.45) is 0 Å². The maximum Gasteiger partial charge on any atom is 0.225 e. The fourth-order valence-electron chi connectivity index (χ4n) is 2.66. The van der Waals surface area contributed by atoms with E-state index in [1.54, 1.807) is 5.57 Å². The van der Waals surface area contributed by atoms with Gasteiger partial charge in [0, 0.05) is 23.7 Å². The summed E-state index contributed by atoms with van der Waals surface area (Å²) in [5.41, 5.74) is 3.28. The Balaban J connectivity index is 1.63. The van der Waals surface area contributed by atoms with Gasteiger partial charge in [0.2, 0.25) is 5.91 Å². The van der Waals surface area contributed by atoms with Crippen LogP contribution < -0.4 is 10.6 Å². The van der Waals surface area contributed by atoms with Crippen molar-refractivity contribution in [1.82, 2.24) is 5.32 Å². The molecule has 1 aromatic carbocycles. The number of amides is 1. The molecule has 0 saturated heterocycles. The van der Waals surface area contributed by atoms with Crippen molar-refractivity contribution in [3.8, 4) is 0 Å². The molecule has 0 saturated carbocycles. The number of hydrogen-bond donors (Lipinski definition) is 2. The highest BCUT2D eigenvalue weighted by atomic mass is 35.5. The van der Waals surface area contributed by atoms with Gasteiger partial charge in [0.25, 0.3) is 0 Å². The number of allylic oxidation sites excluding steroid dienone is 1. The van der Waals surface area contributed by atoms with Crippen LogP contribution in [0.1, 0.15) is 44.1 Å². The van der Waals surface area contributed by atoms with E-state index < -0.39 is 0 Å². The van der Waals surface area contributed by atoms with Crippen LogP contribution in [0.4, 0.5) is 5.69 Å². The number of hydrogen-bond acceptors (Lipinski definition) is 2. The normalized spacial score (nSPS) is 14.5. The summed E-state index contributed by atoms with van der Waals surface area (Å²) in [6.07, 6.45) is 9.10. The Labute approximate surface area is 138 Å². The molecule has 2 rings (SSSR count). The predicted octanol–water partition coefficient (Wildman–Crippen LogP) is 4.46. The van der Waals surface area contributed by atoms with Gasteiger partial charge in [-0.15, -0.1) is 0 Å². The van der Waals surface area contributed by atoms with Gasteiger partial charge >= 0.3 is 0 Å². The van der Waals surface area contributed by atoms with Gasteiger partial charge < -0.3 is 10.6 Å². The van der Waals surface area contributed by atoms with E-state index in [2.05, 4.69) is 16.7 Å². The zero-order valence-electron chi connectivity index (χ0n) is 13.3. The molecule has 0 unspecified atom stereocenters. The summed E-state index contributed by atoms with van der Waals surface area (Å²) in [7, 11) is 0. The summed E-state index contributed by atoms with van der Waals surface area (Å²) in [5, 5.41) is 6.94. The van der Waals surface area contributed by atoms with Crippen molar-refractivity contribution in [2.75, 3.05) is 18.4 Å². The first-order valence-electron chi connectivity index (χ1n) is 8.10. The van der Waals surface area contributed by atoms with Crippen LogP contribution in [0, 0.1) is 6.92 Å². The third-order valence-electron chi connectivity index (χ3n) is 4.08. The molecule has 2 N–H and O–H groups in total. The summed E-state index contributed by atoms with van der Waals surface area (Å²) >= 11 is 6.05. The monoisotopic (exact) mass is 320 g/mol. The summed E-state index contributed by atoms with van der Waals surface area (Å²) in [5.74, 6) is 0.0229. The highest BCUT2D eigenvalue weighted by Crippen LogP contribution is 2.23. The van der Waals surface area contributed by atoms with Crippen LogP contribution in [-0.2, 0) is 4.79 Å². The van der Waals surface area contributed by atoms with Crippen LogP contribution >= 0.6 is 11.6 Å². The fraction of sp³-hybridized carbons (Fsp3) is 0.500. The lowest BCUT2D eigenvalue weighted by molar-refractivity contribution is -0.116. The average Bonchev–Trinajstić information content (AvgIpc) is 2.52. The van der Waals surface area contributed by atoms with Crippen LogP contribution in [0.3, 0.4) is 0 Å². The Kier molecular flexibility index (Phi) is 6.94. The van der Waals surface area contributed by atoms with E-state index in [1.807, 2.05) is 25.1 Å². The van der Waals surface area contributed by atoms with E-state index in [4.69, 9.17) is 11.6 Å². The van der Waals surface area contributed by atoms with Gasteiger partial charge in [-0.2, -0.15) is 0 Å². The van der Waals surface area contributed by atoms with E-state index in [9.17, 15) is 4.79 Å². The zero-order valence-corrected chi connectivity index (χ0v) is 14.0. The van der Waals surface area contributed by atoms with Crippen LogP contribution in [-0.4, -0.2) is 19.0 Å². The maximum atomic E-state index is 11.9. The Morgan fingerprint density at radius 1 is 1.27 bits per heavy atom. The molecule has 0 bridgehead atoms. The maximum absolute atomic E-state index is 11.9. The number of carbonyl (C=O) groups excluding carboxylic acids is 1. The minimum Gasteiger partial charge on any atom is -0.326 e. The van der Waals surface area contributed by atoms with Crippen molar-refractivity contribution in [2.45, 2.75) is 45.4 Å². The third kappa shape index (κ3) is 5.47. The minimum atomic E-state index is 0.0229. The predicted molar refractivity (Wildman–Crippen MR) is 93.5 cm³/mol. The molecule has 1 aromatic rings. The Bertz CT molecular complexity index is 540. The zero-order chi connectivity index (χ0) is 15.8. The van der Waals surface area contributed by atoms with Crippen molar-refractivity contribution in [3.05, 3.63) is 40.4 Å². The van der Waals surface area contributed by atoms with E-state index in [-0.39, 0.29) is 5.91 Å². The van der Waals surface area contributed by atoms with Gasteiger partial charge in [0.1, 0.15) is 0 Å². The Morgan fingerprint density at radius 3 is 2.91 bits per heavy atom. The lowest BCUT2D eigenvalue weighted by atomic mass is 9.97. The number of anilines is 1. The van der Waals surface area contributed by atoms with Crippen molar-refractivity contribution in [1.29, 1.82) is 0 Å². The highest BCUT2D eigenvalue weighted by molar-refractivity contribution is 6.31. The van der Waals surface area contributed by atoms with Crippen molar-refractivity contribution < 1.29 is 4.79 Å². The second-order valence-electron chi connectivity index (χ2n) is 5.82. The second kappa shape index (κ2) is 8.96. The molecular weight excluding hydrogens is 296 g/mol. The standard InChI is InChI=1S/C18H25ClN2O/c1-14-16(19)8-5-9-17(14)21-18(22)11-13-20-12-10-15-6-3-2-4-7-15/h5-6,8-9,20H,2-4,7,10-13H2,1H3,(H,21,22). The van der Waals surface area contributed by atoms with E-state index in [1.165, 1.54) is 25.7 Å². The van der Waals surface area contributed by atoms with Crippen LogP contribution in [0.5, 0.6) is 0 Å². The lowest BCUT2D eigenvalue weighted by Gasteiger charge is -2.13. The molecule has 0 aromatic heterocycles. The van der Waals surface area contributed by atoms with Crippen LogP contribution in [0.15, 0.2) is 29.8 Å². The molecule has 0 spiro atoms. The molecular formula is C18H25ClN2O. The van der Waals surface area contributed by atoms with Gasteiger partial charge in [-0.1, -0.05) is 29.3 Å². The molecule has 0 aliphatic heterocycles. The molecule has 0 fully saturated rings. The SMILES string of the molecule is Cc1c(Cl)cccc1NC(=O)CCNCCC1=CCCCC1. The van der Waals surface area contributed by atoms with Gasteiger partial charge in [-0.25, -0.2) is 0 Å². The molecule has 1 amide bonds. The Morgan fingerprint density at radius 2 is 2.14 bits per heavy atom. The smallest absolute Gasteiger partial charge is 0.225 e. The van der Waals surface area contributed by atoms with E-state index in [0.717, 1.165) is 24.2 Å². The molecule has 4 heteroatoms. The topological polar surface area (TPSA) is 41.1 Å². The first kappa shape index (κ1) is 17.0. The summed E-state index contributed by atoms with van der Waals surface area (Å²) in [6.45, 7) is 3.57. The molecule has 0 radical (unpaired) electrons. The van der Waals surface area contributed by atoms with Crippen molar-refractivity contribution >= 4 is 23.2 Å². The summed E-state index contributed by atoms with van der Waals surface area (Å²) < 4.78 is 0. The van der Waals surface area contributed by atoms with Gasteiger partial charge in [0.15, 0.2) is 0 Å². The minimum absolute atomic E-state index is 0.0229. The average molecular weight is 321 g/mol. The Hall–Kier alpha value is -1.32. The van der Waals surface area contributed by atoms with Crippen LogP contribution in [0.2, 0.25) is 5.02 Å². The molecule has 0 heterocycles. The van der Waals surface area contributed by atoms with Crippen LogP contribution in [0.25, 0.3) is 0 Å². The molecule has 3 nitrogen and oxygen atoms in total. The first-order valence-corrected chi connectivity index (χ1v) is 8.48. The first-order chi connectivity index (χ1) is 10.7. The second-order valence-corrected chi connectivity index (χ2v) is 6.23. The number of nitrogens with one attached hydrogen (secondary N) is 2. The number of rotatable bonds is 7. The van der Waals surface area contributed by atoms with Gasteiger partial charge in [-0.05, 0) is 63.3 Å². The summed E-state index contributed by atoms with van der Waals surface area (Å²) in [4.78, 5) is 11.9. The number of benzene rings is 1.